The lowest BCUT2D eigenvalue weighted by atomic mass is 9.92. The van der Waals surface area contributed by atoms with E-state index in [-0.39, 0.29) is 0 Å². The summed E-state index contributed by atoms with van der Waals surface area (Å²) in [5, 5.41) is 7.59. The topological polar surface area (TPSA) is 102 Å². The number of nitrogens with zero attached hydrogens (tertiary/aromatic N) is 4. The van der Waals surface area contributed by atoms with Crippen molar-refractivity contribution in [1.82, 2.24) is 19.9 Å². The van der Waals surface area contributed by atoms with Crippen molar-refractivity contribution >= 4 is 51.7 Å². The fourth-order valence-corrected chi connectivity index (χ4v) is 3.47. The van der Waals surface area contributed by atoms with Crippen LogP contribution < -0.4 is 16.4 Å². The molecule has 3 aromatic rings. The molecule has 0 aliphatic heterocycles. The molecular weight excluding hydrogens is 385 g/mol. The first kappa shape index (κ1) is 18.2. The molecule has 0 atom stereocenters. The summed E-state index contributed by atoms with van der Waals surface area (Å²) < 4.78 is 0. The zero-order chi connectivity index (χ0) is 18.8. The van der Waals surface area contributed by atoms with Crippen molar-refractivity contribution in [3.63, 3.8) is 0 Å². The molecule has 4 rings (SSSR count). The van der Waals surface area contributed by atoms with Crippen molar-refractivity contribution in [2.75, 3.05) is 10.6 Å². The zero-order valence-electron chi connectivity index (χ0n) is 14.5. The first-order valence-electron chi connectivity index (χ1n) is 8.80. The first-order chi connectivity index (χ1) is 13.1. The lowest BCUT2D eigenvalue weighted by Gasteiger charge is -2.26. The number of aromatic nitrogens is 4. The van der Waals surface area contributed by atoms with Crippen LogP contribution in [-0.2, 0) is 0 Å². The molecule has 2 aromatic heterocycles. The number of anilines is 3. The number of nitrogens with one attached hydrogen (secondary N) is 2. The van der Waals surface area contributed by atoms with Crippen LogP contribution in [0.4, 0.5) is 17.5 Å². The number of rotatable bonds is 4. The van der Waals surface area contributed by atoms with Gasteiger partial charge in [-0.15, -0.1) is 0 Å². The fourth-order valence-electron chi connectivity index (χ4n) is 3.17. The van der Waals surface area contributed by atoms with Crippen LogP contribution in [0.15, 0.2) is 30.7 Å². The van der Waals surface area contributed by atoms with Gasteiger partial charge in [-0.05, 0) is 43.9 Å². The minimum Gasteiger partial charge on any atom is -0.351 e. The van der Waals surface area contributed by atoms with Crippen LogP contribution in [0.5, 0.6) is 0 Å². The molecule has 0 unspecified atom stereocenters. The quantitative estimate of drug-likeness (QED) is 0.600. The molecule has 27 heavy (non-hydrogen) atoms. The molecule has 1 aliphatic carbocycles. The van der Waals surface area contributed by atoms with Gasteiger partial charge in [-0.3, -0.25) is 0 Å². The van der Waals surface area contributed by atoms with E-state index in [0.29, 0.717) is 44.9 Å². The van der Waals surface area contributed by atoms with Gasteiger partial charge < -0.3 is 16.4 Å². The Morgan fingerprint density at radius 2 is 1.81 bits per heavy atom. The van der Waals surface area contributed by atoms with Gasteiger partial charge >= 0.3 is 0 Å². The SMILES string of the molecule is N[C@H]1CC[C@H](Nc2ncc3ncnc(Nc4ccc(Cl)c(Cl)c4)c3n2)CC1. The molecule has 0 radical (unpaired) electrons. The summed E-state index contributed by atoms with van der Waals surface area (Å²) in [6.07, 6.45) is 7.23. The number of halogens is 2. The summed E-state index contributed by atoms with van der Waals surface area (Å²) >= 11 is 12.1. The Bertz CT molecular complexity index is 958. The van der Waals surface area contributed by atoms with E-state index in [2.05, 4.69) is 30.6 Å². The summed E-state index contributed by atoms with van der Waals surface area (Å²) in [4.78, 5) is 17.6. The van der Waals surface area contributed by atoms with Gasteiger partial charge in [-0.25, -0.2) is 19.9 Å². The van der Waals surface area contributed by atoms with Crippen LogP contribution in [0.2, 0.25) is 10.0 Å². The Kier molecular flexibility index (Phi) is 5.24. The van der Waals surface area contributed by atoms with E-state index in [4.69, 9.17) is 28.9 Å². The Morgan fingerprint density at radius 1 is 1.00 bits per heavy atom. The second kappa shape index (κ2) is 7.80. The van der Waals surface area contributed by atoms with E-state index in [9.17, 15) is 0 Å². The maximum Gasteiger partial charge on any atom is 0.223 e. The number of hydrogen-bond donors (Lipinski definition) is 3. The van der Waals surface area contributed by atoms with Gasteiger partial charge in [-0.2, -0.15) is 0 Å². The van der Waals surface area contributed by atoms with Gasteiger partial charge in [0.2, 0.25) is 5.95 Å². The van der Waals surface area contributed by atoms with E-state index in [1.807, 2.05) is 6.07 Å². The van der Waals surface area contributed by atoms with E-state index in [1.54, 1.807) is 18.3 Å². The van der Waals surface area contributed by atoms with E-state index in [0.717, 1.165) is 31.4 Å². The van der Waals surface area contributed by atoms with Crippen LogP contribution in [-0.4, -0.2) is 32.0 Å². The highest BCUT2D eigenvalue weighted by Gasteiger charge is 2.19. The standard InChI is InChI=1S/C18H19Cl2N7/c19-13-6-5-12(7-14(13)20)25-17-16-15(23-9-24-17)8-22-18(27-16)26-11-3-1-10(21)2-4-11/h5-11H,1-4,21H2,(H,22,26,27)(H,23,24,25)/t10-,11-. The van der Waals surface area contributed by atoms with Crippen molar-refractivity contribution < 1.29 is 0 Å². The summed E-state index contributed by atoms with van der Waals surface area (Å²) in [5.74, 6) is 1.14. The molecular formula is C18H19Cl2N7. The Balaban J connectivity index is 1.60. The monoisotopic (exact) mass is 403 g/mol. The van der Waals surface area contributed by atoms with Crippen LogP contribution in [0, 0.1) is 0 Å². The maximum absolute atomic E-state index is 6.09. The van der Waals surface area contributed by atoms with E-state index >= 15 is 0 Å². The van der Waals surface area contributed by atoms with Gasteiger partial charge in [0.05, 0.1) is 16.2 Å². The summed E-state index contributed by atoms with van der Waals surface area (Å²) in [6, 6.07) is 5.93. The average molecular weight is 404 g/mol. The molecule has 0 saturated heterocycles. The minimum absolute atomic E-state index is 0.302. The second-order valence-electron chi connectivity index (χ2n) is 6.66. The molecule has 0 bridgehead atoms. The van der Waals surface area contributed by atoms with Gasteiger partial charge in [0.15, 0.2) is 5.82 Å². The largest absolute Gasteiger partial charge is 0.351 e. The Hall–Kier alpha value is -2.22. The highest BCUT2D eigenvalue weighted by atomic mass is 35.5. The third-order valence-corrected chi connectivity index (χ3v) is 5.40. The van der Waals surface area contributed by atoms with Crippen molar-refractivity contribution in [3.8, 4) is 0 Å². The minimum atomic E-state index is 0.302. The molecule has 4 N–H and O–H groups in total. The van der Waals surface area contributed by atoms with E-state index in [1.165, 1.54) is 6.33 Å². The Morgan fingerprint density at radius 3 is 2.59 bits per heavy atom. The molecule has 140 valence electrons. The normalized spacial score (nSPS) is 19.8. The molecule has 1 fully saturated rings. The predicted molar refractivity (Wildman–Crippen MR) is 109 cm³/mol. The second-order valence-corrected chi connectivity index (χ2v) is 7.47. The maximum atomic E-state index is 6.09. The van der Waals surface area contributed by atoms with Crippen LogP contribution in [0.1, 0.15) is 25.7 Å². The fraction of sp³-hybridized carbons (Fsp3) is 0.333. The van der Waals surface area contributed by atoms with Crippen LogP contribution in [0.25, 0.3) is 11.0 Å². The number of nitrogens with two attached hydrogens (primary N) is 1. The first-order valence-corrected chi connectivity index (χ1v) is 9.56. The highest BCUT2D eigenvalue weighted by Crippen LogP contribution is 2.28. The zero-order valence-corrected chi connectivity index (χ0v) is 16.0. The van der Waals surface area contributed by atoms with Gasteiger partial charge in [0.1, 0.15) is 17.4 Å². The third-order valence-electron chi connectivity index (χ3n) is 4.66. The molecule has 9 heteroatoms. The molecule has 1 aromatic carbocycles. The van der Waals surface area contributed by atoms with Crippen molar-refractivity contribution in [3.05, 3.63) is 40.8 Å². The highest BCUT2D eigenvalue weighted by molar-refractivity contribution is 6.42. The molecule has 7 nitrogen and oxygen atoms in total. The lowest BCUT2D eigenvalue weighted by molar-refractivity contribution is 0.410. The van der Waals surface area contributed by atoms with Crippen molar-refractivity contribution in [2.24, 2.45) is 5.73 Å². The predicted octanol–water partition coefficient (Wildman–Crippen LogP) is 4.15. The molecule has 0 amide bonds. The summed E-state index contributed by atoms with van der Waals surface area (Å²) in [6.45, 7) is 0. The van der Waals surface area contributed by atoms with E-state index < -0.39 is 0 Å². The van der Waals surface area contributed by atoms with Crippen LogP contribution in [0.3, 0.4) is 0 Å². The number of benzene rings is 1. The third kappa shape index (κ3) is 4.21. The van der Waals surface area contributed by atoms with Crippen molar-refractivity contribution in [1.29, 1.82) is 0 Å². The summed E-state index contributed by atoms with van der Waals surface area (Å²) in [7, 11) is 0. The smallest absolute Gasteiger partial charge is 0.223 e. The molecule has 1 saturated carbocycles. The van der Waals surface area contributed by atoms with Crippen LogP contribution >= 0.6 is 23.2 Å². The summed E-state index contributed by atoms with van der Waals surface area (Å²) in [5.41, 5.74) is 8.03. The number of hydrogen-bond acceptors (Lipinski definition) is 7. The lowest BCUT2D eigenvalue weighted by Crippen LogP contribution is -2.33. The van der Waals surface area contributed by atoms with Gasteiger partial charge in [0, 0.05) is 17.8 Å². The average Bonchev–Trinajstić information content (AvgIpc) is 2.67. The molecule has 0 spiro atoms. The molecule has 2 heterocycles. The van der Waals surface area contributed by atoms with Gasteiger partial charge in [-0.1, -0.05) is 23.2 Å². The molecule has 1 aliphatic rings. The van der Waals surface area contributed by atoms with Crippen molar-refractivity contribution in [2.45, 2.75) is 37.8 Å². The Labute approximate surface area is 166 Å². The number of fused-ring (bicyclic) bond motifs is 1. The van der Waals surface area contributed by atoms with Gasteiger partial charge in [0.25, 0.3) is 0 Å².